The van der Waals surface area contributed by atoms with E-state index in [9.17, 15) is 4.79 Å². The summed E-state index contributed by atoms with van der Waals surface area (Å²) in [6, 6.07) is -0.0197. The Kier molecular flexibility index (Phi) is 3.72. The minimum absolute atomic E-state index is 0.0197. The molecular formula is C10H19NO2. The maximum absolute atomic E-state index is 11.6. The van der Waals surface area contributed by atoms with E-state index >= 15 is 0 Å². The van der Waals surface area contributed by atoms with Crippen LogP contribution < -0.4 is 0 Å². The molecule has 3 heteroatoms. The summed E-state index contributed by atoms with van der Waals surface area (Å²) in [5, 5.41) is 0. The fourth-order valence-corrected chi connectivity index (χ4v) is 1.81. The van der Waals surface area contributed by atoms with E-state index in [0.29, 0.717) is 12.5 Å². The van der Waals surface area contributed by atoms with Gasteiger partial charge < -0.3 is 4.74 Å². The van der Waals surface area contributed by atoms with Crippen LogP contribution in [0.25, 0.3) is 0 Å². The lowest BCUT2D eigenvalue weighted by molar-refractivity contribution is -0.151. The Hall–Kier alpha value is -0.570. The lowest BCUT2D eigenvalue weighted by Crippen LogP contribution is -2.45. The van der Waals surface area contributed by atoms with Crippen molar-refractivity contribution in [1.82, 2.24) is 4.90 Å². The molecule has 0 N–H and O–H groups in total. The normalized spacial score (nSPS) is 19.7. The van der Waals surface area contributed by atoms with Crippen molar-refractivity contribution in [3.05, 3.63) is 0 Å². The third-order valence-electron chi connectivity index (χ3n) is 2.68. The highest BCUT2D eigenvalue weighted by molar-refractivity contribution is 5.76. The Labute approximate surface area is 80.1 Å². The molecule has 1 aliphatic rings. The van der Waals surface area contributed by atoms with Gasteiger partial charge in [-0.1, -0.05) is 6.42 Å². The summed E-state index contributed by atoms with van der Waals surface area (Å²) < 4.78 is 5.04. The van der Waals surface area contributed by atoms with Gasteiger partial charge in [0.2, 0.25) is 0 Å². The lowest BCUT2D eigenvalue weighted by atomic mass is 9.79. The first kappa shape index (κ1) is 10.5. The van der Waals surface area contributed by atoms with Crippen LogP contribution in [0.15, 0.2) is 0 Å². The van der Waals surface area contributed by atoms with Crippen LogP contribution in [0.1, 0.15) is 26.2 Å². The Morgan fingerprint density at radius 3 is 2.46 bits per heavy atom. The van der Waals surface area contributed by atoms with Crippen LogP contribution >= 0.6 is 0 Å². The number of esters is 1. The van der Waals surface area contributed by atoms with Gasteiger partial charge in [0, 0.05) is 0 Å². The van der Waals surface area contributed by atoms with E-state index in [1.165, 1.54) is 19.3 Å². The number of rotatable bonds is 4. The van der Waals surface area contributed by atoms with E-state index in [1.54, 1.807) is 0 Å². The average molecular weight is 185 g/mol. The fraction of sp³-hybridized carbons (Fsp3) is 0.900. The van der Waals surface area contributed by atoms with Gasteiger partial charge in [0.1, 0.15) is 6.04 Å². The first-order valence-corrected chi connectivity index (χ1v) is 5.00. The molecular weight excluding hydrogens is 166 g/mol. The fourth-order valence-electron chi connectivity index (χ4n) is 1.81. The smallest absolute Gasteiger partial charge is 0.323 e. The first-order valence-electron chi connectivity index (χ1n) is 5.00. The maximum Gasteiger partial charge on any atom is 0.323 e. The van der Waals surface area contributed by atoms with Crippen LogP contribution in [-0.4, -0.2) is 37.6 Å². The van der Waals surface area contributed by atoms with Crippen LogP contribution in [0.4, 0.5) is 0 Å². The van der Waals surface area contributed by atoms with Gasteiger partial charge in [0.05, 0.1) is 6.61 Å². The zero-order chi connectivity index (χ0) is 9.84. The van der Waals surface area contributed by atoms with Crippen molar-refractivity contribution in [1.29, 1.82) is 0 Å². The summed E-state index contributed by atoms with van der Waals surface area (Å²) in [5.41, 5.74) is 0. The predicted molar refractivity (Wildman–Crippen MR) is 51.4 cm³/mol. The quantitative estimate of drug-likeness (QED) is 0.618. The summed E-state index contributed by atoms with van der Waals surface area (Å²) >= 11 is 0. The average Bonchev–Trinajstić information content (AvgIpc) is 1.95. The highest BCUT2D eigenvalue weighted by atomic mass is 16.5. The molecule has 0 aromatic carbocycles. The molecule has 1 fully saturated rings. The van der Waals surface area contributed by atoms with E-state index in [1.807, 2.05) is 25.9 Å². The molecule has 0 radical (unpaired) electrons. The number of nitrogens with zero attached hydrogens (tertiary/aromatic N) is 1. The van der Waals surface area contributed by atoms with Crippen molar-refractivity contribution in [3.8, 4) is 0 Å². The van der Waals surface area contributed by atoms with Gasteiger partial charge in [-0.05, 0) is 39.8 Å². The van der Waals surface area contributed by atoms with Crippen molar-refractivity contribution in [3.63, 3.8) is 0 Å². The Morgan fingerprint density at radius 1 is 1.54 bits per heavy atom. The van der Waals surface area contributed by atoms with E-state index in [2.05, 4.69) is 0 Å². The predicted octanol–water partition coefficient (Wildman–Crippen LogP) is 1.28. The Bertz CT molecular complexity index is 176. The van der Waals surface area contributed by atoms with Crippen molar-refractivity contribution >= 4 is 5.97 Å². The second-order valence-electron chi connectivity index (χ2n) is 3.85. The molecule has 0 aromatic rings. The second kappa shape index (κ2) is 4.61. The Morgan fingerprint density at radius 2 is 2.15 bits per heavy atom. The molecule has 1 aliphatic carbocycles. The molecule has 0 aromatic heterocycles. The van der Waals surface area contributed by atoms with Gasteiger partial charge in [-0.15, -0.1) is 0 Å². The van der Waals surface area contributed by atoms with Gasteiger partial charge in [-0.25, -0.2) is 0 Å². The summed E-state index contributed by atoms with van der Waals surface area (Å²) in [6.07, 6.45) is 3.59. The van der Waals surface area contributed by atoms with Gasteiger partial charge >= 0.3 is 5.97 Å². The minimum Gasteiger partial charge on any atom is -0.465 e. The molecule has 0 amide bonds. The number of hydrogen-bond acceptors (Lipinski definition) is 3. The minimum atomic E-state index is -0.0581. The second-order valence-corrected chi connectivity index (χ2v) is 3.85. The molecule has 1 rings (SSSR count). The first-order chi connectivity index (χ1) is 6.16. The molecule has 76 valence electrons. The molecule has 13 heavy (non-hydrogen) atoms. The molecule has 0 saturated heterocycles. The zero-order valence-corrected chi connectivity index (χ0v) is 8.75. The molecule has 0 heterocycles. The summed E-state index contributed by atoms with van der Waals surface area (Å²) in [5.74, 6) is 0.464. The maximum atomic E-state index is 11.6. The number of hydrogen-bond donors (Lipinski definition) is 0. The monoisotopic (exact) mass is 185 g/mol. The highest BCUT2D eigenvalue weighted by Crippen LogP contribution is 2.31. The van der Waals surface area contributed by atoms with Crippen molar-refractivity contribution in [2.75, 3.05) is 20.7 Å². The van der Waals surface area contributed by atoms with Gasteiger partial charge in [-0.2, -0.15) is 0 Å². The van der Waals surface area contributed by atoms with Crippen LogP contribution in [0.3, 0.4) is 0 Å². The number of likely N-dealkylation sites (N-methyl/N-ethyl adjacent to an activating group) is 1. The largest absolute Gasteiger partial charge is 0.465 e. The van der Waals surface area contributed by atoms with Gasteiger partial charge in [0.25, 0.3) is 0 Å². The van der Waals surface area contributed by atoms with E-state index < -0.39 is 0 Å². The third-order valence-corrected chi connectivity index (χ3v) is 2.68. The molecule has 1 unspecified atom stereocenters. The van der Waals surface area contributed by atoms with Crippen LogP contribution in [0.5, 0.6) is 0 Å². The number of ether oxygens (including phenoxy) is 1. The van der Waals surface area contributed by atoms with E-state index in [-0.39, 0.29) is 12.0 Å². The summed E-state index contributed by atoms with van der Waals surface area (Å²) in [7, 11) is 3.89. The number of carbonyl (C=O) groups is 1. The summed E-state index contributed by atoms with van der Waals surface area (Å²) in [4.78, 5) is 13.5. The number of carbonyl (C=O) groups excluding carboxylic acids is 1. The van der Waals surface area contributed by atoms with Gasteiger partial charge in [-0.3, -0.25) is 9.69 Å². The molecule has 0 spiro atoms. The third kappa shape index (κ3) is 2.44. The lowest BCUT2D eigenvalue weighted by Gasteiger charge is -2.35. The van der Waals surface area contributed by atoms with Crippen LogP contribution in [0, 0.1) is 5.92 Å². The van der Waals surface area contributed by atoms with Crippen LogP contribution in [-0.2, 0) is 9.53 Å². The summed E-state index contributed by atoms with van der Waals surface area (Å²) in [6.45, 7) is 2.33. The highest BCUT2D eigenvalue weighted by Gasteiger charge is 2.34. The molecule has 1 atom stereocenters. The van der Waals surface area contributed by atoms with Crippen molar-refractivity contribution in [2.45, 2.75) is 32.2 Å². The van der Waals surface area contributed by atoms with Gasteiger partial charge in [0.15, 0.2) is 0 Å². The Balaban J connectivity index is 2.50. The van der Waals surface area contributed by atoms with E-state index in [4.69, 9.17) is 4.74 Å². The zero-order valence-electron chi connectivity index (χ0n) is 8.75. The molecule has 1 saturated carbocycles. The van der Waals surface area contributed by atoms with Crippen molar-refractivity contribution in [2.24, 2.45) is 5.92 Å². The van der Waals surface area contributed by atoms with Crippen LogP contribution in [0.2, 0.25) is 0 Å². The topological polar surface area (TPSA) is 29.5 Å². The molecule has 0 aliphatic heterocycles. The van der Waals surface area contributed by atoms with Crippen molar-refractivity contribution < 1.29 is 9.53 Å². The molecule has 0 bridgehead atoms. The standard InChI is InChI=1S/C10H19NO2/c1-4-13-10(12)9(11(2)3)8-6-5-7-8/h8-9H,4-7H2,1-3H3. The molecule has 3 nitrogen and oxygen atoms in total. The SMILES string of the molecule is CCOC(=O)C(C1CCC1)N(C)C. The van der Waals surface area contributed by atoms with E-state index in [0.717, 1.165) is 0 Å².